The molecule has 5 heteroatoms. The average molecular weight is 364 g/mol. The van der Waals surface area contributed by atoms with E-state index in [2.05, 4.69) is 32.6 Å². The predicted molar refractivity (Wildman–Crippen MR) is 112 cm³/mol. The minimum Gasteiger partial charge on any atom is -0.321 e. The molecule has 1 amide bonds. The molecule has 0 radical (unpaired) electrons. The maximum Gasteiger partial charge on any atom is 0.256 e. The zero-order chi connectivity index (χ0) is 18.9. The Balaban J connectivity index is 1.60. The Morgan fingerprint density at radius 3 is 2.68 bits per heavy atom. The van der Waals surface area contributed by atoms with Crippen molar-refractivity contribution in [3.8, 4) is 0 Å². The third kappa shape index (κ3) is 2.89. The molecule has 0 bridgehead atoms. The minimum atomic E-state index is -0.0835. The van der Waals surface area contributed by atoms with E-state index in [1.807, 2.05) is 60.8 Å². The molecule has 28 heavy (non-hydrogen) atoms. The molecule has 0 saturated carbocycles. The lowest BCUT2D eigenvalue weighted by Crippen LogP contribution is -2.03. The summed E-state index contributed by atoms with van der Waals surface area (Å²) in [5, 5.41) is 11.1. The lowest BCUT2D eigenvalue weighted by Gasteiger charge is -2.03. The second-order valence-electron chi connectivity index (χ2n) is 6.61. The molecule has 134 valence electrons. The van der Waals surface area contributed by atoms with Crippen LogP contribution in [-0.2, 0) is 4.79 Å². The van der Waals surface area contributed by atoms with Crippen LogP contribution in [0.2, 0.25) is 0 Å². The number of H-pyrrole nitrogens is 1. The number of aromatic nitrogens is 3. The van der Waals surface area contributed by atoms with Crippen LogP contribution < -0.4 is 5.32 Å². The highest BCUT2D eigenvalue weighted by molar-refractivity contribution is 6.35. The van der Waals surface area contributed by atoms with Crippen molar-refractivity contribution in [2.24, 2.45) is 0 Å². The molecule has 2 N–H and O–H groups in total. The Morgan fingerprint density at radius 1 is 0.929 bits per heavy atom. The number of para-hydroxylation sites is 1. The van der Waals surface area contributed by atoms with Gasteiger partial charge in [-0.2, -0.15) is 5.10 Å². The van der Waals surface area contributed by atoms with Gasteiger partial charge in [-0.3, -0.25) is 14.9 Å². The molecule has 4 aromatic rings. The number of hydrogen-bond acceptors (Lipinski definition) is 3. The van der Waals surface area contributed by atoms with E-state index in [4.69, 9.17) is 0 Å². The highest BCUT2D eigenvalue weighted by atomic mass is 16.2. The van der Waals surface area contributed by atoms with Crippen molar-refractivity contribution in [2.75, 3.05) is 5.32 Å². The number of nitrogens with zero attached hydrogens (tertiary/aromatic N) is 2. The van der Waals surface area contributed by atoms with Crippen LogP contribution >= 0.6 is 0 Å². The summed E-state index contributed by atoms with van der Waals surface area (Å²) in [5.74, 6) is -0.0835. The fourth-order valence-corrected chi connectivity index (χ4v) is 3.43. The third-order valence-corrected chi connectivity index (χ3v) is 4.80. The molecule has 2 aromatic heterocycles. The van der Waals surface area contributed by atoms with Crippen molar-refractivity contribution < 1.29 is 4.79 Å². The van der Waals surface area contributed by atoms with Crippen molar-refractivity contribution in [3.63, 3.8) is 0 Å². The highest BCUT2D eigenvalue weighted by Gasteiger charge is 2.23. The number of benzene rings is 2. The molecule has 5 rings (SSSR count). The van der Waals surface area contributed by atoms with Crippen LogP contribution in [0.4, 0.5) is 5.69 Å². The van der Waals surface area contributed by atoms with Crippen LogP contribution in [0.15, 0.2) is 67.1 Å². The van der Waals surface area contributed by atoms with Gasteiger partial charge in [0.15, 0.2) is 0 Å². The number of nitrogens with one attached hydrogen (secondary N) is 2. The first-order chi connectivity index (χ1) is 13.8. The van der Waals surface area contributed by atoms with E-state index in [0.717, 1.165) is 38.8 Å². The molecule has 0 saturated heterocycles. The summed E-state index contributed by atoms with van der Waals surface area (Å²) >= 11 is 0. The Kier molecular flexibility index (Phi) is 3.84. The molecule has 0 aliphatic carbocycles. The summed E-state index contributed by atoms with van der Waals surface area (Å²) in [4.78, 5) is 16.5. The molecule has 1 aliphatic heterocycles. The normalized spacial score (nSPS) is 14.7. The monoisotopic (exact) mass is 364 g/mol. The van der Waals surface area contributed by atoms with E-state index < -0.39 is 0 Å². The molecule has 0 atom stereocenters. The van der Waals surface area contributed by atoms with Gasteiger partial charge in [-0.05, 0) is 53.1 Å². The van der Waals surface area contributed by atoms with E-state index >= 15 is 0 Å². The van der Waals surface area contributed by atoms with Crippen LogP contribution in [0, 0.1) is 0 Å². The summed E-state index contributed by atoms with van der Waals surface area (Å²) in [6.45, 7) is 0. The molecule has 0 fully saturated rings. The molecule has 0 unspecified atom stereocenters. The molecule has 1 aliphatic rings. The maximum atomic E-state index is 12.4. The molecular formula is C23H16N4O. The van der Waals surface area contributed by atoms with Crippen LogP contribution in [0.3, 0.4) is 0 Å². The van der Waals surface area contributed by atoms with E-state index in [1.54, 1.807) is 12.4 Å². The fraction of sp³-hybridized carbons (Fsp3) is 0. The van der Waals surface area contributed by atoms with E-state index in [1.165, 1.54) is 0 Å². The molecule has 5 nitrogen and oxygen atoms in total. The Morgan fingerprint density at radius 2 is 1.79 bits per heavy atom. The lowest BCUT2D eigenvalue weighted by molar-refractivity contribution is -0.110. The van der Waals surface area contributed by atoms with Crippen molar-refractivity contribution in [2.45, 2.75) is 0 Å². The van der Waals surface area contributed by atoms with Crippen molar-refractivity contribution in [1.29, 1.82) is 0 Å². The third-order valence-electron chi connectivity index (χ3n) is 4.80. The standard InChI is InChI=1S/C23H16N4O/c28-23-19(18-3-1-2-4-21(18)26-23)12-16-11-17(20-14-25-27-22(20)13-16)6-5-15-7-9-24-10-8-15/h1-14H,(H,25,27)(H,26,28). The lowest BCUT2D eigenvalue weighted by atomic mass is 10.0. The topological polar surface area (TPSA) is 70.7 Å². The van der Waals surface area contributed by atoms with Crippen LogP contribution in [0.5, 0.6) is 0 Å². The summed E-state index contributed by atoms with van der Waals surface area (Å²) < 4.78 is 0. The molecule has 3 heterocycles. The number of pyridine rings is 1. The smallest absolute Gasteiger partial charge is 0.256 e. The summed E-state index contributed by atoms with van der Waals surface area (Å²) in [6, 6.07) is 15.7. The van der Waals surface area contributed by atoms with Crippen LogP contribution in [0.1, 0.15) is 22.3 Å². The highest BCUT2D eigenvalue weighted by Crippen LogP contribution is 2.33. The van der Waals surface area contributed by atoms with Gasteiger partial charge in [0.2, 0.25) is 0 Å². The maximum absolute atomic E-state index is 12.4. The van der Waals surface area contributed by atoms with Crippen molar-refractivity contribution in [1.82, 2.24) is 15.2 Å². The number of carbonyl (C=O) groups is 1. The second-order valence-corrected chi connectivity index (χ2v) is 6.61. The first-order valence-corrected chi connectivity index (χ1v) is 8.96. The van der Waals surface area contributed by atoms with Gasteiger partial charge in [-0.1, -0.05) is 30.4 Å². The van der Waals surface area contributed by atoms with Crippen LogP contribution in [0.25, 0.3) is 34.7 Å². The number of carbonyl (C=O) groups excluding carboxylic acids is 1. The number of amides is 1. The van der Waals surface area contributed by atoms with Gasteiger partial charge in [0.1, 0.15) is 0 Å². The van der Waals surface area contributed by atoms with Gasteiger partial charge in [-0.25, -0.2) is 0 Å². The van der Waals surface area contributed by atoms with Gasteiger partial charge in [0, 0.05) is 34.6 Å². The number of hydrogen-bond donors (Lipinski definition) is 2. The summed E-state index contributed by atoms with van der Waals surface area (Å²) in [6.07, 6.45) is 11.4. The molecule has 0 spiro atoms. The van der Waals surface area contributed by atoms with Crippen molar-refractivity contribution >= 4 is 46.3 Å². The van der Waals surface area contributed by atoms with Gasteiger partial charge in [-0.15, -0.1) is 0 Å². The van der Waals surface area contributed by atoms with Crippen molar-refractivity contribution in [3.05, 3.63) is 89.4 Å². The van der Waals surface area contributed by atoms with Gasteiger partial charge >= 0.3 is 0 Å². The van der Waals surface area contributed by atoms with Gasteiger partial charge < -0.3 is 5.32 Å². The number of anilines is 1. The van der Waals surface area contributed by atoms with E-state index in [9.17, 15) is 4.79 Å². The average Bonchev–Trinajstić information content (AvgIpc) is 3.32. The fourth-order valence-electron chi connectivity index (χ4n) is 3.43. The second kappa shape index (κ2) is 6.63. The quantitative estimate of drug-likeness (QED) is 0.521. The number of rotatable bonds is 3. The number of fused-ring (bicyclic) bond motifs is 2. The Bertz CT molecular complexity index is 1250. The minimum absolute atomic E-state index is 0.0835. The Hall–Kier alpha value is -3.99. The molecule has 2 aromatic carbocycles. The SMILES string of the molecule is O=C1Nc2ccccc2C1=Cc1cc(C=Cc2ccncc2)c2cn[nH]c2c1. The van der Waals surface area contributed by atoms with Gasteiger partial charge in [0.25, 0.3) is 5.91 Å². The zero-order valence-corrected chi connectivity index (χ0v) is 14.9. The van der Waals surface area contributed by atoms with E-state index in [-0.39, 0.29) is 5.91 Å². The van der Waals surface area contributed by atoms with E-state index in [0.29, 0.717) is 5.57 Å². The first-order valence-electron chi connectivity index (χ1n) is 8.96. The largest absolute Gasteiger partial charge is 0.321 e. The van der Waals surface area contributed by atoms with Gasteiger partial charge in [0.05, 0.1) is 11.7 Å². The predicted octanol–water partition coefficient (Wildman–Crippen LogP) is 4.62. The van der Waals surface area contributed by atoms with Crippen LogP contribution in [-0.4, -0.2) is 21.1 Å². The Labute approximate surface area is 161 Å². The molecular weight excluding hydrogens is 348 g/mol. The zero-order valence-electron chi connectivity index (χ0n) is 14.9. The summed E-state index contributed by atoms with van der Waals surface area (Å²) in [5.41, 5.74) is 6.40. The number of aromatic amines is 1. The first kappa shape index (κ1) is 16.2. The summed E-state index contributed by atoms with van der Waals surface area (Å²) in [7, 11) is 0.